The molecule has 43 heavy (non-hydrogen) atoms. The van der Waals surface area contributed by atoms with E-state index in [9.17, 15) is 4.79 Å². The highest BCUT2D eigenvalue weighted by molar-refractivity contribution is 7.80. The Morgan fingerprint density at radius 1 is 0.791 bits per heavy atom. The van der Waals surface area contributed by atoms with E-state index < -0.39 is 0 Å². The number of nitrogens with one attached hydrogen (secondary N) is 2. The first-order valence-corrected chi connectivity index (χ1v) is 14.5. The van der Waals surface area contributed by atoms with Gasteiger partial charge in [0, 0.05) is 28.2 Å². The Morgan fingerprint density at radius 2 is 1.49 bits per heavy atom. The van der Waals surface area contributed by atoms with Crippen LogP contribution in [0.5, 0.6) is 0 Å². The van der Waals surface area contributed by atoms with E-state index in [1.807, 2.05) is 103 Å². The highest BCUT2D eigenvalue weighted by Crippen LogP contribution is 2.29. The van der Waals surface area contributed by atoms with Gasteiger partial charge in [0.1, 0.15) is 5.82 Å². The molecule has 1 aromatic heterocycles. The molecule has 0 aliphatic carbocycles. The number of hydrogen-bond donors (Lipinski definition) is 2. The summed E-state index contributed by atoms with van der Waals surface area (Å²) in [5.41, 5.74) is 4.82. The zero-order chi connectivity index (χ0) is 29.8. The van der Waals surface area contributed by atoms with Gasteiger partial charge in [-0.05, 0) is 96.6 Å². The number of para-hydroxylation sites is 2. The number of halogens is 2. The number of thiocarbonyl (C=S) groups is 1. The summed E-state index contributed by atoms with van der Waals surface area (Å²) in [6.07, 6.45) is 1.77. The molecule has 0 bridgehead atoms. The first kappa shape index (κ1) is 28.3. The molecule has 0 radical (unpaired) electrons. The summed E-state index contributed by atoms with van der Waals surface area (Å²) in [7, 11) is 0. The molecule has 0 unspecified atom stereocenters. The van der Waals surface area contributed by atoms with Gasteiger partial charge in [0.25, 0.3) is 5.56 Å². The summed E-state index contributed by atoms with van der Waals surface area (Å²) in [6, 6.07) is 37.2. The molecule has 5 aromatic carbocycles. The molecule has 9 heteroatoms. The quantitative estimate of drug-likeness (QED) is 0.144. The molecular formula is C34H23Cl2N5OS. The van der Waals surface area contributed by atoms with Crippen molar-refractivity contribution in [3.63, 3.8) is 0 Å². The zero-order valence-electron chi connectivity index (χ0n) is 22.5. The minimum absolute atomic E-state index is 0.227. The Kier molecular flexibility index (Phi) is 8.29. The Morgan fingerprint density at radius 3 is 2.23 bits per heavy atom. The number of rotatable bonds is 6. The molecule has 0 fully saturated rings. The molecule has 0 amide bonds. The van der Waals surface area contributed by atoms with E-state index in [2.05, 4.69) is 15.6 Å². The van der Waals surface area contributed by atoms with E-state index >= 15 is 0 Å². The summed E-state index contributed by atoms with van der Waals surface area (Å²) in [4.78, 5) is 23.3. The summed E-state index contributed by atoms with van der Waals surface area (Å²) in [6.45, 7) is 0. The van der Waals surface area contributed by atoms with E-state index in [4.69, 9.17) is 40.4 Å². The normalized spacial score (nSPS) is 11.1. The number of hydrogen-bond acceptors (Lipinski definition) is 4. The van der Waals surface area contributed by atoms with Gasteiger partial charge in [-0.15, -0.1) is 0 Å². The van der Waals surface area contributed by atoms with Crippen LogP contribution in [0.3, 0.4) is 0 Å². The molecule has 210 valence electrons. The van der Waals surface area contributed by atoms with E-state index in [0.29, 0.717) is 43.3 Å². The Balaban J connectivity index is 1.34. The molecule has 6 aromatic rings. The van der Waals surface area contributed by atoms with Crippen molar-refractivity contribution < 1.29 is 0 Å². The van der Waals surface area contributed by atoms with Crippen molar-refractivity contribution in [1.82, 2.24) is 9.55 Å². The van der Waals surface area contributed by atoms with E-state index in [1.54, 1.807) is 29.0 Å². The first-order valence-electron chi connectivity index (χ1n) is 13.3. The van der Waals surface area contributed by atoms with Crippen LogP contribution >= 0.6 is 35.4 Å². The standard InChI is InChI=1S/C34H23Cl2N5OS/c35-24-14-10-22(11-15-24)21-37-25-16-12-23(13-17-25)32-40-30-9-5-4-8-28(30)33(42)41(32)31-19-18-27(20-29(31)36)39-34(43)38-26-6-2-1-3-7-26/h1-21H,(H2,38,39,43). The van der Waals surface area contributed by atoms with Gasteiger partial charge in [0.2, 0.25) is 0 Å². The maximum atomic E-state index is 13.9. The summed E-state index contributed by atoms with van der Waals surface area (Å²) in [5.74, 6) is 0.459. The number of aliphatic imine (C=N–C) groups is 1. The van der Waals surface area contributed by atoms with Crippen LogP contribution in [0.4, 0.5) is 17.1 Å². The summed E-state index contributed by atoms with van der Waals surface area (Å²) in [5, 5.41) is 8.22. The van der Waals surface area contributed by atoms with Crippen LogP contribution in [0, 0.1) is 0 Å². The smallest absolute Gasteiger partial charge is 0.266 e. The van der Waals surface area contributed by atoms with Crippen molar-refractivity contribution in [2.45, 2.75) is 0 Å². The molecule has 6 rings (SSSR count). The first-order chi connectivity index (χ1) is 20.9. The summed E-state index contributed by atoms with van der Waals surface area (Å²) >= 11 is 18.2. The molecular weight excluding hydrogens is 597 g/mol. The molecule has 2 N–H and O–H groups in total. The molecule has 0 saturated carbocycles. The lowest BCUT2D eigenvalue weighted by atomic mass is 10.1. The van der Waals surface area contributed by atoms with Crippen LogP contribution in [0.2, 0.25) is 10.0 Å². The molecule has 0 spiro atoms. The zero-order valence-corrected chi connectivity index (χ0v) is 24.9. The average Bonchev–Trinajstić information content (AvgIpc) is 3.02. The van der Waals surface area contributed by atoms with Gasteiger partial charge in [0.15, 0.2) is 5.11 Å². The maximum absolute atomic E-state index is 13.9. The van der Waals surface area contributed by atoms with Crippen LogP contribution < -0.4 is 16.2 Å². The third kappa shape index (κ3) is 6.49. The maximum Gasteiger partial charge on any atom is 0.266 e. The molecule has 0 aliphatic heterocycles. The fraction of sp³-hybridized carbons (Fsp3) is 0. The Hall–Kier alpha value is -4.82. The second-order valence-corrected chi connectivity index (χ2v) is 10.8. The number of anilines is 2. The van der Waals surface area contributed by atoms with Crippen LogP contribution in [0.1, 0.15) is 5.56 Å². The largest absolute Gasteiger partial charge is 0.332 e. The minimum Gasteiger partial charge on any atom is -0.332 e. The van der Waals surface area contributed by atoms with Gasteiger partial charge in [-0.2, -0.15) is 0 Å². The van der Waals surface area contributed by atoms with Crippen molar-refractivity contribution >= 4 is 74.7 Å². The lowest BCUT2D eigenvalue weighted by molar-refractivity contribution is 0.976. The second-order valence-electron chi connectivity index (χ2n) is 9.56. The number of benzene rings is 5. The molecule has 0 aliphatic rings. The van der Waals surface area contributed by atoms with Crippen molar-refractivity contribution in [2.24, 2.45) is 4.99 Å². The fourth-order valence-electron chi connectivity index (χ4n) is 4.53. The lowest BCUT2D eigenvalue weighted by Gasteiger charge is -2.17. The van der Waals surface area contributed by atoms with Crippen molar-refractivity contribution in [1.29, 1.82) is 0 Å². The van der Waals surface area contributed by atoms with Gasteiger partial charge < -0.3 is 10.6 Å². The number of aromatic nitrogens is 2. The minimum atomic E-state index is -0.227. The third-order valence-electron chi connectivity index (χ3n) is 6.61. The van der Waals surface area contributed by atoms with Crippen LogP contribution in [-0.4, -0.2) is 20.9 Å². The monoisotopic (exact) mass is 619 g/mol. The van der Waals surface area contributed by atoms with Gasteiger partial charge in [0.05, 0.1) is 27.3 Å². The molecule has 1 heterocycles. The Labute approximate surface area is 263 Å². The van der Waals surface area contributed by atoms with E-state index in [0.717, 1.165) is 22.5 Å². The van der Waals surface area contributed by atoms with Crippen LogP contribution in [-0.2, 0) is 0 Å². The van der Waals surface area contributed by atoms with Crippen LogP contribution in [0.25, 0.3) is 28.0 Å². The van der Waals surface area contributed by atoms with Gasteiger partial charge in [-0.3, -0.25) is 14.4 Å². The van der Waals surface area contributed by atoms with Crippen molar-refractivity contribution in [3.05, 3.63) is 147 Å². The van der Waals surface area contributed by atoms with Gasteiger partial charge >= 0.3 is 0 Å². The van der Waals surface area contributed by atoms with Crippen molar-refractivity contribution in [2.75, 3.05) is 10.6 Å². The van der Waals surface area contributed by atoms with E-state index in [1.165, 1.54) is 0 Å². The number of nitrogens with zero attached hydrogens (tertiary/aromatic N) is 3. The highest BCUT2D eigenvalue weighted by atomic mass is 35.5. The number of fused-ring (bicyclic) bond motifs is 1. The molecule has 0 saturated heterocycles. The second kappa shape index (κ2) is 12.6. The van der Waals surface area contributed by atoms with Gasteiger partial charge in [-0.25, -0.2) is 4.98 Å². The topological polar surface area (TPSA) is 71.3 Å². The molecule has 6 nitrogen and oxygen atoms in total. The third-order valence-corrected chi connectivity index (χ3v) is 7.37. The highest BCUT2D eigenvalue weighted by Gasteiger charge is 2.17. The fourth-order valence-corrected chi connectivity index (χ4v) is 5.15. The summed E-state index contributed by atoms with van der Waals surface area (Å²) < 4.78 is 1.54. The Bertz CT molecular complexity index is 2030. The lowest BCUT2D eigenvalue weighted by Crippen LogP contribution is -2.22. The average molecular weight is 621 g/mol. The van der Waals surface area contributed by atoms with Crippen LogP contribution in [0.15, 0.2) is 131 Å². The van der Waals surface area contributed by atoms with Gasteiger partial charge in [-0.1, -0.05) is 65.7 Å². The predicted octanol–water partition coefficient (Wildman–Crippen LogP) is 8.92. The van der Waals surface area contributed by atoms with Crippen molar-refractivity contribution in [3.8, 4) is 17.1 Å². The van der Waals surface area contributed by atoms with E-state index in [-0.39, 0.29) is 5.56 Å². The molecule has 0 atom stereocenters. The predicted molar refractivity (Wildman–Crippen MR) is 183 cm³/mol. The SMILES string of the molecule is O=c1c2ccccc2nc(-c2ccc(N=Cc3ccc(Cl)cc3)cc2)n1-c1ccc(NC(=S)Nc2ccccc2)cc1Cl.